The highest BCUT2D eigenvalue weighted by molar-refractivity contribution is 7.22. The Morgan fingerprint density at radius 1 is 1.25 bits per heavy atom. The van der Waals surface area contributed by atoms with E-state index >= 15 is 0 Å². The third-order valence-corrected chi connectivity index (χ3v) is 6.49. The second-order valence-electron chi connectivity index (χ2n) is 6.46. The summed E-state index contributed by atoms with van der Waals surface area (Å²) in [5.74, 6) is -0.299. The molecule has 0 unspecified atom stereocenters. The zero-order chi connectivity index (χ0) is 19.7. The van der Waals surface area contributed by atoms with Gasteiger partial charge in [0, 0.05) is 31.1 Å². The summed E-state index contributed by atoms with van der Waals surface area (Å²) in [7, 11) is 0. The van der Waals surface area contributed by atoms with Crippen LogP contribution in [0.3, 0.4) is 0 Å². The number of amides is 2. The van der Waals surface area contributed by atoms with E-state index in [0.29, 0.717) is 46.2 Å². The average molecular weight is 416 g/mol. The van der Waals surface area contributed by atoms with Crippen LogP contribution in [0.15, 0.2) is 35.7 Å². The minimum Gasteiger partial charge on any atom is -0.338 e. The molecule has 1 N–H and O–H groups in total. The molecule has 2 amide bonds. The number of fused-ring (bicyclic) bond motifs is 1. The van der Waals surface area contributed by atoms with Gasteiger partial charge in [-0.05, 0) is 30.4 Å². The number of carbonyl (C=O) groups excluding carboxylic acids is 2. The molecule has 0 saturated carbocycles. The monoisotopic (exact) mass is 416 g/mol. The van der Waals surface area contributed by atoms with E-state index in [1.807, 2.05) is 17.5 Å². The van der Waals surface area contributed by atoms with E-state index in [4.69, 9.17) is 0 Å². The lowest BCUT2D eigenvalue weighted by atomic mass is 9.96. The van der Waals surface area contributed by atoms with Gasteiger partial charge in [0.1, 0.15) is 0 Å². The van der Waals surface area contributed by atoms with Gasteiger partial charge in [-0.1, -0.05) is 17.4 Å². The van der Waals surface area contributed by atoms with Crippen molar-refractivity contribution in [3.8, 4) is 0 Å². The molecular weight excluding hydrogens is 400 g/mol. The van der Waals surface area contributed by atoms with Gasteiger partial charge in [0.2, 0.25) is 5.91 Å². The molecule has 10 heteroatoms. The molecule has 3 heterocycles. The van der Waals surface area contributed by atoms with Gasteiger partial charge < -0.3 is 10.2 Å². The van der Waals surface area contributed by atoms with E-state index in [1.54, 1.807) is 11.0 Å². The first-order chi connectivity index (χ1) is 13.5. The molecule has 0 aliphatic carbocycles. The summed E-state index contributed by atoms with van der Waals surface area (Å²) >= 11 is 2.63. The fourth-order valence-corrected chi connectivity index (χ4v) is 4.78. The Morgan fingerprint density at radius 3 is 2.71 bits per heavy atom. The number of likely N-dealkylation sites (tertiary alicyclic amines) is 1. The highest BCUT2D eigenvalue weighted by atomic mass is 32.1. The van der Waals surface area contributed by atoms with Crippen LogP contribution in [-0.2, 0) is 4.79 Å². The van der Waals surface area contributed by atoms with Crippen LogP contribution in [0, 0.1) is 16.0 Å². The van der Waals surface area contributed by atoms with Gasteiger partial charge in [-0.2, -0.15) is 0 Å². The number of nitrogens with one attached hydrogen (secondary N) is 1. The van der Waals surface area contributed by atoms with Gasteiger partial charge in [0.15, 0.2) is 5.13 Å². The fourth-order valence-electron chi connectivity index (χ4n) is 3.19. The van der Waals surface area contributed by atoms with Crippen molar-refractivity contribution in [2.24, 2.45) is 5.92 Å². The normalized spacial score (nSPS) is 14.9. The van der Waals surface area contributed by atoms with Crippen LogP contribution >= 0.6 is 22.7 Å². The number of piperidine rings is 1. The van der Waals surface area contributed by atoms with Gasteiger partial charge in [-0.25, -0.2) is 4.98 Å². The molecule has 0 radical (unpaired) electrons. The average Bonchev–Trinajstić information content (AvgIpc) is 3.36. The lowest BCUT2D eigenvalue weighted by molar-refractivity contribution is -0.384. The molecule has 1 saturated heterocycles. The number of nitrogens with zero attached hydrogens (tertiary/aromatic N) is 3. The van der Waals surface area contributed by atoms with Crippen molar-refractivity contribution in [2.45, 2.75) is 12.8 Å². The topological polar surface area (TPSA) is 105 Å². The summed E-state index contributed by atoms with van der Waals surface area (Å²) in [4.78, 5) is 42.2. The molecule has 3 aromatic rings. The zero-order valence-electron chi connectivity index (χ0n) is 14.7. The van der Waals surface area contributed by atoms with E-state index < -0.39 is 4.92 Å². The van der Waals surface area contributed by atoms with Gasteiger partial charge in [-0.3, -0.25) is 19.7 Å². The van der Waals surface area contributed by atoms with E-state index in [0.717, 1.165) is 0 Å². The number of rotatable bonds is 4. The molecule has 0 atom stereocenters. The van der Waals surface area contributed by atoms with Crippen LogP contribution < -0.4 is 5.32 Å². The highest BCUT2D eigenvalue weighted by Gasteiger charge is 2.28. The first-order valence-electron chi connectivity index (χ1n) is 8.70. The van der Waals surface area contributed by atoms with Crippen LogP contribution in [0.25, 0.3) is 10.2 Å². The van der Waals surface area contributed by atoms with Crippen molar-refractivity contribution in [3.05, 3.63) is 50.7 Å². The third kappa shape index (κ3) is 3.73. The van der Waals surface area contributed by atoms with E-state index in [-0.39, 0.29) is 23.4 Å². The lowest BCUT2D eigenvalue weighted by Crippen LogP contribution is -2.41. The molecule has 28 heavy (non-hydrogen) atoms. The number of thiazole rings is 1. The Balaban J connectivity index is 1.37. The summed E-state index contributed by atoms with van der Waals surface area (Å²) < 4.78 is 0.654. The first kappa shape index (κ1) is 18.5. The van der Waals surface area contributed by atoms with Gasteiger partial charge in [-0.15, -0.1) is 11.3 Å². The number of nitro groups is 1. The Bertz CT molecular complexity index is 1040. The van der Waals surface area contributed by atoms with E-state index in [2.05, 4.69) is 10.3 Å². The summed E-state index contributed by atoms with van der Waals surface area (Å²) in [5, 5.41) is 16.0. The van der Waals surface area contributed by atoms with Crippen LogP contribution in [-0.4, -0.2) is 39.7 Å². The number of carbonyl (C=O) groups is 2. The number of aromatic nitrogens is 1. The molecule has 1 fully saturated rings. The summed E-state index contributed by atoms with van der Waals surface area (Å²) in [5.41, 5.74) is 0.610. The molecule has 1 aliphatic rings. The number of hydrogen-bond donors (Lipinski definition) is 1. The molecule has 1 aromatic carbocycles. The maximum Gasteiger partial charge on any atom is 0.270 e. The van der Waals surface area contributed by atoms with Gasteiger partial charge >= 0.3 is 0 Å². The van der Waals surface area contributed by atoms with Crippen LogP contribution in [0.2, 0.25) is 0 Å². The second kappa shape index (κ2) is 7.64. The first-order valence-corrected chi connectivity index (χ1v) is 10.4. The fraction of sp³-hybridized carbons (Fsp3) is 0.278. The van der Waals surface area contributed by atoms with E-state index in [9.17, 15) is 19.7 Å². The molecule has 144 valence electrons. The quantitative estimate of drug-likeness (QED) is 0.515. The molecule has 8 nitrogen and oxygen atoms in total. The number of anilines is 1. The number of thiophene rings is 1. The smallest absolute Gasteiger partial charge is 0.270 e. The molecule has 0 spiro atoms. The van der Waals surface area contributed by atoms with Crippen molar-refractivity contribution in [1.82, 2.24) is 9.88 Å². The van der Waals surface area contributed by atoms with Crippen molar-refractivity contribution in [2.75, 3.05) is 18.4 Å². The minimum atomic E-state index is -0.456. The number of non-ortho nitro benzene ring substituents is 1. The predicted molar refractivity (Wildman–Crippen MR) is 108 cm³/mol. The lowest BCUT2D eigenvalue weighted by Gasteiger charge is -2.30. The third-order valence-electron chi connectivity index (χ3n) is 4.70. The predicted octanol–water partition coefficient (Wildman–Crippen LogP) is 3.76. The standard InChI is InChI=1S/C18H16N4O4S2/c23-16(11-5-7-21(8-6-11)17(24)14-2-1-9-27-14)20-18-19-13-4-3-12(22(25)26)10-15(13)28-18/h1-4,9-11H,5-8H2,(H,19,20,23). The second-order valence-corrected chi connectivity index (χ2v) is 8.44. The highest BCUT2D eigenvalue weighted by Crippen LogP contribution is 2.30. The van der Waals surface area contributed by atoms with Crippen molar-refractivity contribution in [1.29, 1.82) is 0 Å². The minimum absolute atomic E-state index is 0.00296. The number of benzene rings is 1. The molecular formula is C18H16N4O4S2. The number of hydrogen-bond acceptors (Lipinski definition) is 7. The summed E-state index contributed by atoms with van der Waals surface area (Å²) in [6, 6.07) is 8.09. The maximum atomic E-state index is 12.6. The number of nitro benzene ring substituents is 1. The largest absolute Gasteiger partial charge is 0.338 e. The SMILES string of the molecule is O=C(Nc1nc2ccc([N+](=O)[O-])cc2s1)C1CCN(C(=O)c2cccs2)CC1. The van der Waals surface area contributed by atoms with Gasteiger partial charge in [0.05, 0.1) is 20.0 Å². The van der Waals surface area contributed by atoms with Gasteiger partial charge in [0.25, 0.3) is 11.6 Å². The molecule has 4 rings (SSSR count). The Kier molecular flexibility index (Phi) is 5.05. The van der Waals surface area contributed by atoms with E-state index in [1.165, 1.54) is 34.8 Å². The summed E-state index contributed by atoms with van der Waals surface area (Å²) in [6.45, 7) is 1.09. The summed E-state index contributed by atoms with van der Waals surface area (Å²) in [6.07, 6.45) is 1.19. The Hall–Kier alpha value is -2.85. The molecule has 1 aliphatic heterocycles. The molecule has 0 bridgehead atoms. The van der Waals surface area contributed by atoms with Crippen LogP contribution in [0.5, 0.6) is 0 Å². The van der Waals surface area contributed by atoms with Crippen molar-refractivity contribution >= 4 is 55.5 Å². The van der Waals surface area contributed by atoms with Crippen molar-refractivity contribution < 1.29 is 14.5 Å². The van der Waals surface area contributed by atoms with Crippen LogP contribution in [0.1, 0.15) is 22.5 Å². The van der Waals surface area contributed by atoms with Crippen LogP contribution in [0.4, 0.5) is 10.8 Å². The molecule has 2 aromatic heterocycles. The maximum absolute atomic E-state index is 12.6. The zero-order valence-corrected chi connectivity index (χ0v) is 16.3. The van der Waals surface area contributed by atoms with Crippen molar-refractivity contribution in [3.63, 3.8) is 0 Å². The Labute approximate surface area is 168 Å². The Morgan fingerprint density at radius 2 is 2.04 bits per heavy atom.